The maximum Gasteiger partial charge on any atom is 0.207 e. The van der Waals surface area contributed by atoms with Crippen molar-refractivity contribution in [2.45, 2.75) is 35.5 Å². The number of hydrogen-bond donors (Lipinski definition) is 0. The van der Waals surface area contributed by atoms with Crippen LogP contribution in [0.5, 0.6) is 0 Å². The Bertz CT molecular complexity index is 1580. The predicted octanol–water partition coefficient (Wildman–Crippen LogP) is 4.81. The molecule has 3 rings (SSSR count). The van der Waals surface area contributed by atoms with Gasteiger partial charge in [-0.25, -0.2) is 25.3 Å². The molecule has 0 heterocycles. The molecule has 3 aromatic carbocycles. The minimum Gasteiger partial charge on any atom is -0.223 e. The number of benzene rings is 3. The minimum atomic E-state index is -4.38. The quantitative estimate of drug-likeness (QED) is 0.387. The van der Waals surface area contributed by atoms with Crippen LogP contribution >= 0.6 is 0 Å². The molecule has 0 bridgehead atoms. The first kappa shape index (κ1) is 26.6. The summed E-state index contributed by atoms with van der Waals surface area (Å²) in [6, 6.07) is 19.5. The van der Waals surface area contributed by atoms with Gasteiger partial charge < -0.3 is 0 Å². The second kappa shape index (κ2) is 10.3. The molecule has 0 aliphatic rings. The Kier molecular flexibility index (Phi) is 7.83. The zero-order valence-electron chi connectivity index (χ0n) is 19.5. The number of hydrogen-bond acceptors (Lipinski definition) is 6. The van der Waals surface area contributed by atoms with Crippen molar-refractivity contribution in [3.05, 3.63) is 112 Å². The Labute approximate surface area is 207 Å². The third kappa shape index (κ3) is 5.80. The molecule has 0 amide bonds. The van der Waals surface area contributed by atoms with Crippen molar-refractivity contribution in [3.63, 3.8) is 0 Å². The van der Waals surface area contributed by atoms with Gasteiger partial charge in [-0.3, -0.25) is 0 Å². The van der Waals surface area contributed by atoms with Gasteiger partial charge in [-0.2, -0.15) is 0 Å². The van der Waals surface area contributed by atoms with Crippen LogP contribution in [0.1, 0.15) is 18.1 Å². The van der Waals surface area contributed by atoms with Crippen molar-refractivity contribution in [2.75, 3.05) is 5.75 Å². The highest BCUT2D eigenvalue weighted by atomic mass is 32.2. The number of aryl methyl sites for hydroxylation is 2. The van der Waals surface area contributed by atoms with Gasteiger partial charge in [0, 0.05) is 0 Å². The van der Waals surface area contributed by atoms with Gasteiger partial charge in [0.1, 0.15) is 0 Å². The second-order valence-corrected chi connectivity index (χ2v) is 13.8. The zero-order valence-corrected chi connectivity index (χ0v) is 22.0. The maximum absolute atomic E-state index is 13.7. The molecule has 0 radical (unpaired) electrons. The fraction of sp³-hybridized carbons (Fsp3) is 0.154. The van der Waals surface area contributed by atoms with Crippen LogP contribution in [0.2, 0.25) is 0 Å². The average molecular weight is 531 g/mol. The number of sulfone groups is 3. The topological polar surface area (TPSA) is 102 Å². The van der Waals surface area contributed by atoms with Gasteiger partial charge in [0.25, 0.3) is 0 Å². The summed E-state index contributed by atoms with van der Waals surface area (Å²) in [5.74, 6) is -0.696. The van der Waals surface area contributed by atoms with Crippen LogP contribution in [0.15, 0.2) is 116 Å². The van der Waals surface area contributed by atoms with Crippen LogP contribution in [-0.2, 0) is 29.5 Å². The molecule has 0 N–H and O–H groups in total. The third-order valence-corrected chi connectivity index (χ3v) is 10.8. The van der Waals surface area contributed by atoms with Crippen LogP contribution in [0, 0.1) is 13.8 Å². The molecule has 0 atom stereocenters. The van der Waals surface area contributed by atoms with Gasteiger partial charge in [0.2, 0.25) is 19.7 Å². The Hall–Kier alpha value is -3.01. The van der Waals surface area contributed by atoms with Crippen molar-refractivity contribution < 1.29 is 25.3 Å². The molecule has 0 saturated carbocycles. The zero-order chi connectivity index (χ0) is 25.9. The largest absolute Gasteiger partial charge is 0.223 e. The van der Waals surface area contributed by atoms with E-state index >= 15 is 0 Å². The summed E-state index contributed by atoms with van der Waals surface area (Å²) in [4.78, 5) is -1.28. The Morgan fingerprint density at radius 2 is 1.03 bits per heavy atom. The molecule has 3 aromatic rings. The highest BCUT2D eigenvalue weighted by Crippen LogP contribution is 2.33. The van der Waals surface area contributed by atoms with Crippen LogP contribution in [0.3, 0.4) is 0 Å². The first-order chi connectivity index (χ1) is 16.4. The van der Waals surface area contributed by atoms with Crippen molar-refractivity contribution in [3.8, 4) is 0 Å². The summed E-state index contributed by atoms with van der Waals surface area (Å²) in [7, 11) is -12.6. The van der Waals surface area contributed by atoms with Crippen LogP contribution in [0.4, 0.5) is 0 Å². The summed E-state index contributed by atoms with van der Waals surface area (Å²) < 4.78 is 80.2. The fourth-order valence-electron chi connectivity index (χ4n) is 3.37. The summed E-state index contributed by atoms with van der Waals surface area (Å²) in [6.07, 6.45) is 2.15. The molecular weight excluding hydrogens is 504 g/mol. The lowest BCUT2D eigenvalue weighted by atomic mass is 10.2. The maximum atomic E-state index is 13.7. The highest BCUT2D eigenvalue weighted by molar-refractivity contribution is 8.00. The van der Waals surface area contributed by atoms with Gasteiger partial charge in [-0.15, -0.1) is 0 Å². The summed E-state index contributed by atoms with van der Waals surface area (Å²) in [5, 5.41) is 0. The standard InChI is InChI=1S/C26H26O6S3/c1-4-25(34(29,30)23-14-10-20(2)11-15-23)26(35(31,32)24-16-12-21(3)13-17-24)18-19-33(27,28)22-8-6-5-7-9-22/h4-18H,19H2,1-3H3/b25-4-,26-18-. The molecule has 0 aromatic heterocycles. The minimum absolute atomic E-state index is 0.00625. The monoisotopic (exact) mass is 530 g/mol. The molecule has 0 saturated heterocycles. The van der Waals surface area contributed by atoms with E-state index in [9.17, 15) is 25.3 Å². The fourth-order valence-corrected chi connectivity index (χ4v) is 8.13. The molecule has 0 spiro atoms. The molecular formula is C26H26O6S3. The molecule has 0 aliphatic heterocycles. The van der Waals surface area contributed by atoms with E-state index in [0.29, 0.717) is 0 Å². The summed E-state index contributed by atoms with van der Waals surface area (Å²) >= 11 is 0. The lowest BCUT2D eigenvalue weighted by Gasteiger charge is -2.15. The van der Waals surface area contributed by atoms with E-state index in [1.54, 1.807) is 56.3 Å². The molecule has 184 valence electrons. The van der Waals surface area contributed by atoms with Gasteiger partial charge >= 0.3 is 0 Å². The molecule has 0 unspecified atom stereocenters. The van der Waals surface area contributed by atoms with E-state index in [4.69, 9.17) is 0 Å². The van der Waals surface area contributed by atoms with Crippen molar-refractivity contribution >= 4 is 29.5 Å². The molecule has 9 heteroatoms. The van der Waals surface area contributed by atoms with Crippen molar-refractivity contribution in [1.29, 1.82) is 0 Å². The first-order valence-electron chi connectivity index (χ1n) is 10.7. The van der Waals surface area contributed by atoms with Gasteiger partial charge in [-0.1, -0.05) is 59.7 Å². The van der Waals surface area contributed by atoms with E-state index in [2.05, 4.69) is 0 Å². The van der Waals surface area contributed by atoms with E-state index < -0.39 is 45.1 Å². The smallest absolute Gasteiger partial charge is 0.207 e. The van der Waals surface area contributed by atoms with Gasteiger partial charge in [-0.05, 0) is 63.2 Å². The lowest BCUT2D eigenvalue weighted by Crippen LogP contribution is -2.16. The summed E-state index contributed by atoms with van der Waals surface area (Å²) in [5.41, 5.74) is 1.66. The van der Waals surface area contributed by atoms with E-state index in [1.807, 2.05) is 0 Å². The van der Waals surface area contributed by atoms with E-state index in [0.717, 1.165) is 17.2 Å². The molecule has 6 nitrogen and oxygen atoms in total. The van der Waals surface area contributed by atoms with Gasteiger partial charge in [0.05, 0.1) is 30.2 Å². The molecule has 35 heavy (non-hydrogen) atoms. The summed E-state index contributed by atoms with van der Waals surface area (Å²) in [6.45, 7) is 5.00. The predicted molar refractivity (Wildman–Crippen MR) is 137 cm³/mol. The normalized spacial score (nSPS) is 13.6. The first-order valence-corrected chi connectivity index (χ1v) is 15.3. The molecule has 0 aliphatic carbocycles. The highest BCUT2D eigenvalue weighted by Gasteiger charge is 2.33. The number of allylic oxidation sites excluding steroid dienone is 1. The van der Waals surface area contributed by atoms with Crippen molar-refractivity contribution in [2.24, 2.45) is 0 Å². The van der Waals surface area contributed by atoms with Gasteiger partial charge in [0.15, 0.2) is 9.84 Å². The Morgan fingerprint density at radius 3 is 1.46 bits per heavy atom. The van der Waals surface area contributed by atoms with Crippen LogP contribution in [-0.4, -0.2) is 31.0 Å². The second-order valence-electron chi connectivity index (χ2n) is 7.95. The van der Waals surface area contributed by atoms with Crippen LogP contribution in [0.25, 0.3) is 0 Å². The van der Waals surface area contributed by atoms with E-state index in [-0.39, 0.29) is 14.7 Å². The van der Waals surface area contributed by atoms with E-state index in [1.165, 1.54) is 49.4 Å². The van der Waals surface area contributed by atoms with Crippen LogP contribution < -0.4 is 0 Å². The Balaban J connectivity index is 2.21. The number of rotatable bonds is 8. The SMILES string of the molecule is C/C=C(/C(=C/CS(=O)(=O)c1ccccc1)S(=O)(=O)c1ccc(C)cc1)S(=O)(=O)c1ccc(C)cc1. The third-order valence-electron chi connectivity index (χ3n) is 5.34. The lowest BCUT2D eigenvalue weighted by molar-refractivity contribution is 0.595. The molecule has 0 fully saturated rings. The van der Waals surface area contributed by atoms with Crippen molar-refractivity contribution in [1.82, 2.24) is 0 Å². The average Bonchev–Trinajstić information content (AvgIpc) is 2.82. The Morgan fingerprint density at radius 1 is 0.600 bits per heavy atom.